The third-order valence-corrected chi connectivity index (χ3v) is 3.10. The van der Waals surface area contributed by atoms with Gasteiger partial charge in [0.1, 0.15) is 5.75 Å². The molecule has 0 bridgehead atoms. The molecule has 0 saturated heterocycles. The van der Waals surface area contributed by atoms with Gasteiger partial charge in [0.2, 0.25) is 0 Å². The summed E-state index contributed by atoms with van der Waals surface area (Å²) in [6, 6.07) is 1.72. The van der Waals surface area contributed by atoms with Crippen molar-refractivity contribution in [2.45, 2.75) is 19.8 Å². The van der Waals surface area contributed by atoms with E-state index < -0.39 is 17.5 Å². The average molecular weight is 264 g/mol. The van der Waals surface area contributed by atoms with Gasteiger partial charge in [-0.2, -0.15) is 11.8 Å². The highest BCUT2D eigenvalue weighted by atomic mass is 32.2. The molecular weight excluding hydrogens is 249 g/mol. The summed E-state index contributed by atoms with van der Waals surface area (Å²) in [4.78, 5) is 0. The molecule has 0 radical (unpaired) electrons. The minimum Gasteiger partial charge on any atom is -0.493 e. The van der Waals surface area contributed by atoms with Crippen molar-refractivity contribution in [2.75, 3.05) is 18.1 Å². The van der Waals surface area contributed by atoms with Crippen LogP contribution in [0.1, 0.15) is 19.8 Å². The van der Waals surface area contributed by atoms with Crippen molar-refractivity contribution in [3.05, 3.63) is 29.6 Å². The van der Waals surface area contributed by atoms with Crippen LogP contribution in [0, 0.1) is 17.5 Å². The Hall–Kier alpha value is -0.840. The summed E-state index contributed by atoms with van der Waals surface area (Å²) in [7, 11) is 0. The van der Waals surface area contributed by atoms with Gasteiger partial charge in [-0.1, -0.05) is 6.92 Å². The summed E-state index contributed by atoms with van der Waals surface area (Å²) in [5.74, 6) is -1.74. The molecule has 0 aliphatic heterocycles. The van der Waals surface area contributed by atoms with Crippen molar-refractivity contribution in [3.63, 3.8) is 0 Å². The van der Waals surface area contributed by atoms with E-state index in [-0.39, 0.29) is 5.75 Å². The number of ether oxygens (including phenoxy) is 1. The molecule has 0 heterocycles. The Kier molecular flexibility index (Phi) is 6.26. The Labute approximate surface area is 103 Å². The van der Waals surface area contributed by atoms with Gasteiger partial charge in [-0.25, -0.2) is 13.2 Å². The van der Waals surface area contributed by atoms with E-state index in [0.717, 1.165) is 36.5 Å². The Morgan fingerprint density at radius 1 is 1.12 bits per heavy atom. The smallest absolute Gasteiger partial charge is 0.194 e. The molecule has 0 saturated carbocycles. The summed E-state index contributed by atoms with van der Waals surface area (Å²) in [5.41, 5.74) is 0. The number of halogens is 3. The van der Waals surface area contributed by atoms with E-state index in [1.807, 2.05) is 11.8 Å². The number of benzene rings is 1. The normalized spacial score (nSPS) is 10.6. The van der Waals surface area contributed by atoms with Gasteiger partial charge < -0.3 is 4.74 Å². The molecule has 0 spiro atoms. The first kappa shape index (κ1) is 14.2. The van der Waals surface area contributed by atoms with Crippen LogP contribution in [-0.4, -0.2) is 18.1 Å². The van der Waals surface area contributed by atoms with Gasteiger partial charge >= 0.3 is 0 Å². The number of hydrogen-bond donors (Lipinski definition) is 0. The Morgan fingerprint density at radius 2 is 1.76 bits per heavy atom. The van der Waals surface area contributed by atoms with Crippen LogP contribution in [0.25, 0.3) is 0 Å². The van der Waals surface area contributed by atoms with Crippen LogP contribution in [0.15, 0.2) is 12.1 Å². The van der Waals surface area contributed by atoms with E-state index in [0.29, 0.717) is 6.61 Å². The molecule has 0 aliphatic carbocycles. The Balaban J connectivity index is 2.32. The standard InChI is InChI=1S/C12H15F3OS/c1-2-17-6-4-3-5-16-9-7-10(13)12(15)11(14)8-9/h7-8H,2-6H2,1H3. The van der Waals surface area contributed by atoms with Gasteiger partial charge in [0.15, 0.2) is 17.5 Å². The highest BCUT2D eigenvalue weighted by Gasteiger charge is 2.10. The van der Waals surface area contributed by atoms with Crippen LogP contribution in [0.3, 0.4) is 0 Å². The molecule has 0 atom stereocenters. The molecule has 1 aromatic carbocycles. The lowest BCUT2D eigenvalue weighted by Gasteiger charge is -2.06. The van der Waals surface area contributed by atoms with Gasteiger partial charge in [-0.05, 0) is 24.3 Å². The third kappa shape index (κ3) is 4.89. The van der Waals surface area contributed by atoms with Crippen LogP contribution < -0.4 is 4.74 Å². The van der Waals surface area contributed by atoms with Gasteiger partial charge in [0.05, 0.1) is 6.61 Å². The van der Waals surface area contributed by atoms with Crippen molar-refractivity contribution in [3.8, 4) is 5.75 Å². The SMILES string of the molecule is CCSCCCCOc1cc(F)c(F)c(F)c1. The first-order valence-corrected chi connectivity index (χ1v) is 6.65. The second-order valence-electron chi connectivity index (χ2n) is 3.45. The first-order valence-electron chi connectivity index (χ1n) is 5.50. The summed E-state index contributed by atoms with van der Waals surface area (Å²) >= 11 is 1.84. The molecule has 17 heavy (non-hydrogen) atoms. The molecule has 0 fully saturated rings. The van der Waals surface area contributed by atoms with Gasteiger partial charge in [-0.15, -0.1) is 0 Å². The van der Waals surface area contributed by atoms with E-state index >= 15 is 0 Å². The fraction of sp³-hybridized carbons (Fsp3) is 0.500. The van der Waals surface area contributed by atoms with Crippen molar-refractivity contribution >= 4 is 11.8 Å². The molecule has 1 rings (SSSR count). The zero-order valence-electron chi connectivity index (χ0n) is 9.64. The lowest BCUT2D eigenvalue weighted by molar-refractivity contribution is 0.303. The molecule has 0 amide bonds. The van der Waals surface area contributed by atoms with E-state index in [4.69, 9.17) is 4.74 Å². The molecule has 0 N–H and O–H groups in total. The predicted octanol–water partition coefficient (Wildman–Crippen LogP) is 4.02. The number of hydrogen-bond acceptors (Lipinski definition) is 2. The van der Waals surface area contributed by atoms with E-state index in [2.05, 4.69) is 6.92 Å². The maximum absolute atomic E-state index is 12.8. The minimum atomic E-state index is -1.46. The lowest BCUT2D eigenvalue weighted by atomic mass is 10.3. The highest BCUT2D eigenvalue weighted by molar-refractivity contribution is 7.99. The van der Waals surface area contributed by atoms with Crippen LogP contribution in [0.2, 0.25) is 0 Å². The Morgan fingerprint density at radius 3 is 2.35 bits per heavy atom. The third-order valence-electron chi connectivity index (χ3n) is 2.11. The number of unbranched alkanes of at least 4 members (excludes halogenated alkanes) is 1. The van der Waals surface area contributed by atoms with Crippen LogP contribution >= 0.6 is 11.8 Å². The molecular formula is C12H15F3OS. The molecule has 0 unspecified atom stereocenters. The molecule has 5 heteroatoms. The zero-order valence-corrected chi connectivity index (χ0v) is 10.5. The summed E-state index contributed by atoms with van der Waals surface area (Å²) < 4.78 is 43.4. The maximum Gasteiger partial charge on any atom is 0.194 e. The van der Waals surface area contributed by atoms with E-state index in [1.54, 1.807) is 0 Å². The fourth-order valence-electron chi connectivity index (χ4n) is 1.26. The van der Waals surface area contributed by atoms with Crippen molar-refractivity contribution in [2.24, 2.45) is 0 Å². The van der Waals surface area contributed by atoms with Crippen LogP contribution in [-0.2, 0) is 0 Å². The zero-order chi connectivity index (χ0) is 12.7. The van der Waals surface area contributed by atoms with Crippen molar-refractivity contribution < 1.29 is 17.9 Å². The highest BCUT2D eigenvalue weighted by Crippen LogP contribution is 2.19. The fourth-order valence-corrected chi connectivity index (χ4v) is 1.95. The van der Waals surface area contributed by atoms with Gasteiger partial charge in [0.25, 0.3) is 0 Å². The van der Waals surface area contributed by atoms with Gasteiger partial charge in [0, 0.05) is 12.1 Å². The number of thioether (sulfide) groups is 1. The molecule has 1 nitrogen and oxygen atoms in total. The number of rotatable bonds is 7. The average Bonchev–Trinajstić information content (AvgIpc) is 2.30. The molecule has 0 aromatic heterocycles. The van der Waals surface area contributed by atoms with Gasteiger partial charge in [-0.3, -0.25) is 0 Å². The Bertz CT molecular complexity index is 335. The summed E-state index contributed by atoms with van der Waals surface area (Å²) in [5, 5.41) is 0. The topological polar surface area (TPSA) is 9.23 Å². The second kappa shape index (κ2) is 7.48. The van der Waals surface area contributed by atoms with Crippen molar-refractivity contribution in [1.29, 1.82) is 0 Å². The van der Waals surface area contributed by atoms with E-state index in [1.165, 1.54) is 0 Å². The minimum absolute atomic E-state index is 0.0320. The van der Waals surface area contributed by atoms with Crippen LogP contribution in [0.4, 0.5) is 13.2 Å². The molecule has 0 aliphatic rings. The summed E-state index contributed by atoms with van der Waals surface area (Å²) in [6.07, 6.45) is 1.80. The largest absolute Gasteiger partial charge is 0.493 e. The predicted molar refractivity (Wildman–Crippen MR) is 64.0 cm³/mol. The maximum atomic E-state index is 12.8. The quantitative estimate of drug-likeness (QED) is 0.543. The lowest BCUT2D eigenvalue weighted by Crippen LogP contribution is -2.00. The second-order valence-corrected chi connectivity index (χ2v) is 4.85. The van der Waals surface area contributed by atoms with E-state index in [9.17, 15) is 13.2 Å². The van der Waals surface area contributed by atoms with Crippen molar-refractivity contribution in [1.82, 2.24) is 0 Å². The van der Waals surface area contributed by atoms with Crippen LogP contribution in [0.5, 0.6) is 5.75 Å². The molecule has 1 aromatic rings. The molecule has 96 valence electrons. The first-order chi connectivity index (χ1) is 8.15. The summed E-state index contributed by atoms with van der Waals surface area (Å²) in [6.45, 7) is 2.47. The monoisotopic (exact) mass is 264 g/mol.